The first-order valence-corrected chi connectivity index (χ1v) is 7.95. The van der Waals surface area contributed by atoms with E-state index in [4.69, 9.17) is 0 Å². The molecule has 0 amide bonds. The number of carbonyl (C=O) groups is 1. The summed E-state index contributed by atoms with van der Waals surface area (Å²) in [5.41, 5.74) is 4.92. The van der Waals surface area contributed by atoms with Crippen LogP contribution in [0.25, 0.3) is 32.9 Å². The first-order chi connectivity index (χ1) is 11.6. The Labute approximate surface area is 139 Å². The summed E-state index contributed by atoms with van der Waals surface area (Å²) in [6.45, 7) is 2.04. The van der Waals surface area contributed by atoms with Crippen LogP contribution in [-0.2, 0) is 11.2 Å². The normalized spacial score (nSPS) is 11.2. The van der Waals surface area contributed by atoms with Crippen LogP contribution in [-0.4, -0.2) is 16.1 Å². The number of benzene rings is 3. The number of para-hydroxylation sites is 1. The van der Waals surface area contributed by atoms with Crippen LogP contribution in [0.15, 0.2) is 60.7 Å². The summed E-state index contributed by atoms with van der Waals surface area (Å²) in [4.78, 5) is 14.9. The summed E-state index contributed by atoms with van der Waals surface area (Å²) in [5, 5.41) is 12.6. The van der Waals surface area contributed by atoms with Crippen LogP contribution in [0.3, 0.4) is 0 Å². The smallest absolute Gasteiger partial charge is 0.307 e. The van der Waals surface area contributed by atoms with Crippen molar-refractivity contribution in [3.05, 3.63) is 71.8 Å². The minimum Gasteiger partial charge on any atom is -0.481 e. The Morgan fingerprint density at radius 3 is 2.50 bits per heavy atom. The minimum absolute atomic E-state index is 0.00199. The minimum atomic E-state index is -0.820. The van der Waals surface area contributed by atoms with E-state index in [9.17, 15) is 9.90 Å². The number of hydrogen-bond acceptors (Lipinski definition) is 1. The highest BCUT2D eigenvalue weighted by Gasteiger charge is 2.18. The van der Waals surface area contributed by atoms with Gasteiger partial charge in [-0.15, -0.1) is 0 Å². The highest BCUT2D eigenvalue weighted by molar-refractivity contribution is 6.02. The molecule has 0 saturated carbocycles. The van der Waals surface area contributed by atoms with Crippen LogP contribution in [0.5, 0.6) is 0 Å². The Balaban J connectivity index is 2.08. The lowest BCUT2D eigenvalue weighted by atomic mass is 9.97. The molecule has 3 nitrogen and oxygen atoms in total. The van der Waals surface area contributed by atoms with Crippen LogP contribution in [0, 0.1) is 6.92 Å². The van der Waals surface area contributed by atoms with Crippen molar-refractivity contribution >= 4 is 27.6 Å². The summed E-state index contributed by atoms with van der Waals surface area (Å²) in [7, 11) is 0. The van der Waals surface area contributed by atoms with Crippen molar-refractivity contribution in [2.45, 2.75) is 13.3 Å². The molecule has 0 atom stereocenters. The monoisotopic (exact) mass is 315 g/mol. The van der Waals surface area contributed by atoms with Crippen LogP contribution in [0.4, 0.5) is 0 Å². The molecule has 3 heteroatoms. The summed E-state index contributed by atoms with van der Waals surface area (Å²) < 4.78 is 0. The Morgan fingerprint density at radius 1 is 0.958 bits per heavy atom. The summed E-state index contributed by atoms with van der Waals surface area (Å²) >= 11 is 0. The maximum absolute atomic E-state index is 11.4. The molecule has 1 heterocycles. The second-order valence-electron chi connectivity index (χ2n) is 6.07. The molecule has 118 valence electrons. The lowest BCUT2D eigenvalue weighted by molar-refractivity contribution is -0.136. The third-order valence-corrected chi connectivity index (χ3v) is 4.54. The molecule has 0 bridgehead atoms. The highest BCUT2D eigenvalue weighted by Crippen LogP contribution is 2.35. The lowest BCUT2D eigenvalue weighted by Crippen LogP contribution is -2.01. The number of carboxylic acids is 1. The van der Waals surface area contributed by atoms with Gasteiger partial charge in [-0.3, -0.25) is 4.79 Å². The Hall–Kier alpha value is -3.07. The van der Waals surface area contributed by atoms with Gasteiger partial charge in [-0.25, -0.2) is 0 Å². The molecule has 0 aliphatic heterocycles. The van der Waals surface area contributed by atoms with E-state index in [0.29, 0.717) is 0 Å². The van der Waals surface area contributed by atoms with Gasteiger partial charge in [-0.2, -0.15) is 0 Å². The zero-order valence-electron chi connectivity index (χ0n) is 13.3. The van der Waals surface area contributed by atoms with Gasteiger partial charge >= 0.3 is 5.97 Å². The van der Waals surface area contributed by atoms with E-state index < -0.39 is 5.97 Å². The summed E-state index contributed by atoms with van der Waals surface area (Å²) in [6, 6.07) is 20.3. The van der Waals surface area contributed by atoms with Crippen molar-refractivity contribution < 1.29 is 9.90 Å². The molecule has 1 aromatic heterocycles. The standard InChI is InChI=1S/C21H17NO2/c1-13-6-4-10-17-18(12-19(23)24)21(22-20(13)17)16-11-5-8-14-7-2-3-9-15(14)16/h2-11,22H,12H2,1H3,(H,23,24). The number of H-pyrrole nitrogens is 1. The third kappa shape index (κ3) is 2.26. The second-order valence-corrected chi connectivity index (χ2v) is 6.07. The van der Waals surface area contributed by atoms with Gasteiger partial charge in [0.15, 0.2) is 0 Å². The molecule has 0 spiro atoms. The molecule has 0 saturated heterocycles. The van der Waals surface area contributed by atoms with Gasteiger partial charge in [0.25, 0.3) is 0 Å². The molecule has 24 heavy (non-hydrogen) atoms. The Morgan fingerprint density at radius 2 is 1.67 bits per heavy atom. The van der Waals surface area contributed by atoms with Gasteiger partial charge in [0.1, 0.15) is 0 Å². The average molecular weight is 315 g/mol. The van der Waals surface area contributed by atoms with Gasteiger partial charge in [-0.05, 0) is 28.8 Å². The zero-order valence-corrected chi connectivity index (χ0v) is 13.3. The van der Waals surface area contributed by atoms with E-state index in [-0.39, 0.29) is 6.42 Å². The number of aliphatic carboxylic acids is 1. The maximum atomic E-state index is 11.4. The molecule has 0 radical (unpaired) electrons. The van der Waals surface area contributed by atoms with E-state index in [2.05, 4.69) is 23.2 Å². The fraction of sp³-hybridized carbons (Fsp3) is 0.0952. The molecule has 0 aliphatic carbocycles. The summed E-state index contributed by atoms with van der Waals surface area (Å²) in [5.74, 6) is -0.820. The Kier molecular flexibility index (Phi) is 3.35. The van der Waals surface area contributed by atoms with Crippen LogP contribution < -0.4 is 0 Å². The van der Waals surface area contributed by atoms with Crippen LogP contribution >= 0.6 is 0 Å². The van der Waals surface area contributed by atoms with E-state index in [1.54, 1.807) is 0 Å². The van der Waals surface area contributed by atoms with Gasteiger partial charge in [0.2, 0.25) is 0 Å². The van der Waals surface area contributed by atoms with Crippen molar-refractivity contribution in [1.82, 2.24) is 4.98 Å². The van der Waals surface area contributed by atoms with E-state index in [0.717, 1.165) is 44.1 Å². The molecule has 0 aliphatic rings. The highest BCUT2D eigenvalue weighted by atomic mass is 16.4. The zero-order chi connectivity index (χ0) is 16.7. The fourth-order valence-corrected chi connectivity index (χ4v) is 3.43. The first kappa shape index (κ1) is 14.5. The van der Waals surface area contributed by atoms with Crippen molar-refractivity contribution in [1.29, 1.82) is 0 Å². The second kappa shape index (κ2) is 5.53. The quantitative estimate of drug-likeness (QED) is 0.563. The molecule has 0 unspecified atom stereocenters. The van der Waals surface area contributed by atoms with Crippen LogP contribution in [0.2, 0.25) is 0 Å². The van der Waals surface area contributed by atoms with Crippen molar-refractivity contribution in [3.8, 4) is 11.3 Å². The number of aryl methyl sites for hydroxylation is 1. The fourth-order valence-electron chi connectivity index (χ4n) is 3.43. The van der Waals surface area contributed by atoms with Crippen molar-refractivity contribution in [3.63, 3.8) is 0 Å². The van der Waals surface area contributed by atoms with Crippen molar-refractivity contribution in [2.75, 3.05) is 0 Å². The average Bonchev–Trinajstić information content (AvgIpc) is 2.94. The number of aromatic nitrogens is 1. The molecular formula is C21H17NO2. The number of nitrogens with one attached hydrogen (secondary N) is 1. The van der Waals surface area contributed by atoms with Gasteiger partial charge in [0, 0.05) is 16.5 Å². The third-order valence-electron chi connectivity index (χ3n) is 4.54. The molecule has 3 aromatic carbocycles. The number of rotatable bonds is 3. The predicted octanol–water partition coefficient (Wildman–Crippen LogP) is 4.92. The number of hydrogen-bond donors (Lipinski definition) is 2. The van der Waals surface area contributed by atoms with E-state index in [1.165, 1.54) is 0 Å². The molecule has 4 aromatic rings. The number of aromatic amines is 1. The number of fused-ring (bicyclic) bond motifs is 2. The van der Waals surface area contributed by atoms with Crippen LogP contribution in [0.1, 0.15) is 11.1 Å². The first-order valence-electron chi connectivity index (χ1n) is 7.95. The molecule has 0 fully saturated rings. The summed E-state index contributed by atoms with van der Waals surface area (Å²) in [6.07, 6.45) is 0.00199. The predicted molar refractivity (Wildman–Crippen MR) is 97.3 cm³/mol. The van der Waals surface area contributed by atoms with E-state index in [1.807, 2.05) is 49.4 Å². The maximum Gasteiger partial charge on any atom is 0.307 e. The largest absolute Gasteiger partial charge is 0.481 e. The topological polar surface area (TPSA) is 53.1 Å². The van der Waals surface area contributed by atoms with Gasteiger partial charge in [-0.1, -0.05) is 60.7 Å². The SMILES string of the molecule is Cc1cccc2c(CC(=O)O)c(-c3cccc4ccccc34)[nH]c12. The van der Waals surface area contributed by atoms with Gasteiger partial charge in [0.05, 0.1) is 12.1 Å². The van der Waals surface area contributed by atoms with Gasteiger partial charge < -0.3 is 10.1 Å². The Bertz CT molecular complexity index is 1070. The molecule has 2 N–H and O–H groups in total. The van der Waals surface area contributed by atoms with E-state index >= 15 is 0 Å². The molecular weight excluding hydrogens is 298 g/mol. The molecule has 4 rings (SSSR count). The van der Waals surface area contributed by atoms with Crippen molar-refractivity contribution in [2.24, 2.45) is 0 Å². The lowest BCUT2D eigenvalue weighted by Gasteiger charge is -2.07. The number of carboxylic acid groups (broad SMARTS) is 1.